The molecule has 174 valence electrons. The number of halogens is 4. The molecule has 2 rings (SSSR count). The van der Waals surface area contributed by atoms with Crippen molar-refractivity contribution in [2.24, 2.45) is 0 Å². The summed E-state index contributed by atoms with van der Waals surface area (Å²) in [4.78, 5) is 28.3. The van der Waals surface area contributed by atoms with Crippen molar-refractivity contribution >= 4 is 23.5 Å². The number of pyridine rings is 1. The first kappa shape index (κ1) is 25.3. The maximum absolute atomic E-state index is 12.8. The number of alkyl halides is 3. The van der Waals surface area contributed by atoms with E-state index in [1.807, 2.05) is 13.8 Å². The van der Waals surface area contributed by atoms with Crippen LogP contribution < -0.4 is 9.47 Å². The van der Waals surface area contributed by atoms with Gasteiger partial charge in [0.15, 0.2) is 6.61 Å². The van der Waals surface area contributed by atoms with Gasteiger partial charge in [-0.05, 0) is 38.0 Å². The van der Waals surface area contributed by atoms with Crippen molar-refractivity contribution in [1.29, 1.82) is 0 Å². The first-order valence-corrected chi connectivity index (χ1v) is 10.1. The van der Waals surface area contributed by atoms with E-state index in [2.05, 4.69) is 4.98 Å². The van der Waals surface area contributed by atoms with Gasteiger partial charge in [0.05, 0.1) is 5.56 Å². The first-order chi connectivity index (χ1) is 15.0. The molecule has 11 heteroatoms. The summed E-state index contributed by atoms with van der Waals surface area (Å²) in [5.41, 5.74) is -0.583. The van der Waals surface area contributed by atoms with Crippen molar-refractivity contribution in [2.75, 3.05) is 19.7 Å². The van der Waals surface area contributed by atoms with Crippen LogP contribution in [-0.4, -0.2) is 46.6 Å². The Hall–Kier alpha value is -3.01. The molecule has 0 radical (unpaired) electrons. The minimum atomic E-state index is -4.62. The normalized spacial score (nSPS) is 11.2. The molecule has 0 atom stereocenters. The zero-order valence-electron chi connectivity index (χ0n) is 17.4. The number of benzene rings is 1. The highest BCUT2D eigenvalue weighted by atomic mass is 35.5. The molecule has 0 aliphatic carbocycles. The van der Waals surface area contributed by atoms with Gasteiger partial charge < -0.3 is 19.5 Å². The van der Waals surface area contributed by atoms with Gasteiger partial charge in [-0.25, -0.2) is 4.98 Å². The Labute approximate surface area is 187 Å². The molecule has 7 nitrogen and oxygen atoms in total. The summed E-state index contributed by atoms with van der Waals surface area (Å²) in [7, 11) is 0. The number of nitrogens with zero attached hydrogens (tertiary/aromatic N) is 2. The fourth-order valence-electron chi connectivity index (χ4n) is 2.74. The van der Waals surface area contributed by atoms with E-state index in [4.69, 9.17) is 26.2 Å². The van der Waals surface area contributed by atoms with Crippen molar-refractivity contribution in [2.45, 2.75) is 32.9 Å². The van der Waals surface area contributed by atoms with E-state index in [9.17, 15) is 22.8 Å². The number of ether oxygens (including phenoxy) is 2. The van der Waals surface area contributed by atoms with Crippen LogP contribution in [0.15, 0.2) is 30.5 Å². The molecule has 1 N–H and O–H groups in total. The molecule has 0 aliphatic heterocycles. The number of carboxylic acids is 1. The van der Waals surface area contributed by atoms with Gasteiger partial charge in [-0.3, -0.25) is 9.59 Å². The average molecular weight is 475 g/mol. The van der Waals surface area contributed by atoms with E-state index in [-0.39, 0.29) is 47.8 Å². The number of hydrogen-bond acceptors (Lipinski definition) is 5. The molecular weight excluding hydrogens is 453 g/mol. The second kappa shape index (κ2) is 11.0. The molecule has 1 amide bonds. The summed E-state index contributed by atoms with van der Waals surface area (Å²) in [5, 5.41) is 8.59. The van der Waals surface area contributed by atoms with Gasteiger partial charge in [-0.15, -0.1) is 0 Å². The first-order valence-electron chi connectivity index (χ1n) is 9.71. The van der Waals surface area contributed by atoms with E-state index in [0.29, 0.717) is 30.9 Å². The summed E-state index contributed by atoms with van der Waals surface area (Å²) in [6.07, 6.45) is -4.15. The summed E-state index contributed by atoms with van der Waals surface area (Å²) in [6.45, 7) is 4.50. The predicted octanol–water partition coefficient (Wildman–Crippen LogP) is 4.81. The molecular formula is C21H22ClF3N2O5. The topological polar surface area (TPSA) is 89.0 Å². The van der Waals surface area contributed by atoms with Crippen molar-refractivity contribution < 1.29 is 37.3 Å². The highest BCUT2D eigenvalue weighted by Crippen LogP contribution is 2.36. The Morgan fingerprint density at radius 2 is 1.88 bits per heavy atom. The number of amides is 1. The Morgan fingerprint density at radius 1 is 1.19 bits per heavy atom. The summed E-state index contributed by atoms with van der Waals surface area (Å²) < 4.78 is 49.6. The van der Waals surface area contributed by atoms with Gasteiger partial charge in [-0.2, -0.15) is 13.2 Å². The number of aryl methyl sites for hydroxylation is 1. The number of rotatable bonds is 10. The maximum atomic E-state index is 12.8. The molecule has 1 heterocycles. The van der Waals surface area contributed by atoms with E-state index in [1.54, 1.807) is 17.0 Å². The molecule has 0 saturated carbocycles. The fourth-order valence-corrected chi connectivity index (χ4v) is 2.95. The van der Waals surface area contributed by atoms with Crippen molar-refractivity contribution in [3.8, 4) is 17.4 Å². The van der Waals surface area contributed by atoms with Gasteiger partial charge in [0.25, 0.3) is 5.91 Å². The highest BCUT2D eigenvalue weighted by molar-refractivity contribution is 6.31. The second-order valence-electron chi connectivity index (χ2n) is 6.63. The molecule has 1 aromatic carbocycles. The van der Waals surface area contributed by atoms with Crippen LogP contribution in [-0.2, 0) is 22.2 Å². The van der Waals surface area contributed by atoms with Crippen molar-refractivity contribution in [3.63, 3.8) is 0 Å². The molecule has 0 spiro atoms. The third kappa shape index (κ3) is 7.01. The SMILES string of the molecule is CCN(CC)C(=O)COc1ccc(CCC(=O)O)c(Oc2ncc(C(F)(F)F)cc2Cl)c1. The number of carbonyl (C=O) groups excluding carboxylic acids is 1. The Morgan fingerprint density at radius 3 is 2.44 bits per heavy atom. The Balaban J connectivity index is 2.28. The van der Waals surface area contributed by atoms with Crippen LogP contribution in [0, 0.1) is 0 Å². The van der Waals surface area contributed by atoms with Crippen LogP contribution in [0.1, 0.15) is 31.4 Å². The second-order valence-corrected chi connectivity index (χ2v) is 7.04. The van der Waals surface area contributed by atoms with E-state index >= 15 is 0 Å². The lowest BCUT2D eigenvalue weighted by Crippen LogP contribution is -2.34. The lowest BCUT2D eigenvalue weighted by molar-refractivity contribution is -0.138. The molecule has 0 saturated heterocycles. The maximum Gasteiger partial charge on any atom is 0.417 e. The average Bonchev–Trinajstić information content (AvgIpc) is 2.73. The Kier molecular flexibility index (Phi) is 8.71. The number of carboxylic acid groups (broad SMARTS) is 1. The summed E-state index contributed by atoms with van der Waals surface area (Å²) >= 11 is 5.91. The number of aromatic nitrogens is 1. The largest absolute Gasteiger partial charge is 0.484 e. The van der Waals surface area contributed by atoms with Crippen LogP contribution in [0.25, 0.3) is 0 Å². The van der Waals surface area contributed by atoms with Gasteiger partial charge in [-0.1, -0.05) is 17.7 Å². The van der Waals surface area contributed by atoms with Gasteiger partial charge >= 0.3 is 12.1 Å². The smallest absolute Gasteiger partial charge is 0.417 e. The minimum absolute atomic E-state index is 0.0849. The van der Waals surface area contributed by atoms with E-state index < -0.39 is 17.7 Å². The molecule has 2 aromatic rings. The van der Waals surface area contributed by atoms with Crippen LogP contribution in [0.5, 0.6) is 17.4 Å². The lowest BCUT2D eigenvalue weighted by Gasteiger charge is -2.19. The molecule has 0 unspecified atom stereocenters. The standard InChI is InChI=1S/C21H22ClF3N2O5/c1-3-27(4-2)18(28)12-31-15-7-5-13(6-8-19(29)30)17(10-15)32-20-16(22)9-14(11-26-20)21(23,24)25/h5,7,9-11H,3-4,6,8,12H2,1-2H3,(H,29,30). The monoisotopic (exact) mass is 474 g/mol. The third-order valence-corrected chi connectivity index (χ3v) is 4.74. The molecule has 32 heavy (non-hydrogen) atoms. The fraction of sp³-hybridized carbons (Fsp3) is 0.381. The summed E-state index contributed by atoms with van der Waals surface area (Å²) in [6, 6.07) is 5.18. The molecule has 1 aromatic heterocycles. The Bertz CT molecular complexity index is 965. The van der Waals surface area contributed by atoms with Crippen molar-refractivity contribution in [1.82, 2.24) is 9.88 Å². The molecule has 0 bridgehead atoms. The molecule has 0 fully saturated rings. The number of carbonyl (C=O) groups is 2. The minimum Gasteiger partial charge on any atom is -0.484 e. The zero-order chi connectivity index (χ0) is 23.9. The predicted molar refractivity (Wildman–Crippen MR) is 110 cm³/mol. The zero-order valence-corrected chi connectivity index (χ0v) is 18.2. The number of aliphatic carboxylic acids is 1. The third-order valence-electron chi connectivity index (χ3n) is 4.47. The van der Waals surface area contributed by atoms with Gasteiger partial charge in [0.1, 0.15) is 16.5 Å². The van der Waals surface area contributed by atoms with Crippen LogP contribution >= 0.6 is 11.6 Å². The van der Waals surface area contributed by atoms with Crippen LogP contribution in [0.3, 0.4) is 0 Å². The van der Waals surface area contributed by atoms with E-state index in [0.717, 1.165) is 0 Å². The highest BCUT2D eigenvalue weighted by Gasteiger charge is 2.32. The summed E-state index contributed by atoms with van der Waals surface area (Å²) in [5.74, 6) is -1.19. The van der Waals surface area contributed by atoms with E-state index in [1.165, 1.54) is 6.07 Å². The van der Waals surface area contributed by atoms with Crippen molar-refractivity contribution in [3.05, 3.63) is 46.6 Å². The lowest BCUT2D eigenvalue weighted by atomic mass is 10.1. The number of likely N-dealkylation sites (N-methyl/N-ethyl adjacent to an activating group) is 1. The van der Waals surface area contributed by atoms with Crippen LogP contribution in [0.4, 0.5) is 13.2 Å². The molecule has 0 aliphatic rings. The number of hydrogen-bond donors (Lipinski definition) is 1. The quantitative estimate of drug-likeness (QED) is 0.531. The van der Waals surface area contributed by atoms with Gasteiger partial charge in [0.2, 0.25) is 5.88 Å². The van der Waals surface area contributed by atoms with Crippen LogP contribution in [0.2, 0.25) is 5.02 Å². The van der Waals surface area contributed by atoms with Gasteiger partial charge in [0, 0.05) is 31.8 Å².